The highest BCUT2D eigenvalue weighted by Gasteiger charge is 2.16. The lowest BCUT2D eigenvalue weighted by atomic mass is 10.2. The van der Waals surface area contributed by atoms with Crippen molar-refractivity contribution in [1.82, 2.24) is 4.72 Å². The number of nitrogens with one attached hydrogen (secondary N) is 1. The van der Waals surface area contributed by atoms with E-state index < -0.39 is 19.1 Å². The molecule has 1 N–H and O–H groups in total. The van der Waals surface area contributed by atoms with Crippen LogP contribution >= 0.6 is 10.7 Å². The molecule has 0 amide bonds. The molecule has 0 fully saturated rings. The summed E-state index contributed by atoms with van der Waals surface area (Å²) in [4.78, 5) is -0.108. The van der Waals surface area contributed by atoms with Gasteiger partial charge < -0.3 is 4.74 Å². The van der Waals surface area contributed by atoms with Crippen LogP contribution in [0.25, 0.3) is 0 Å². The fourth-order valence-electron chi connectivity index (χ4n) is 1.73. The highest BCUT2D eigenvalue weighted by molar-refractivity contribution is 8.13. The van der Waals surface area contributed by atoms with Gasteiger partial charge in [0, 0.05) is 22.8 Å². The Labute approximate surface area is 129 Å². The highest BCUT2D eigenvalue weighted by atomic mass is 35.7. The molecule has 6 nitrogen and oxygen atoms in total. The summed E-state index contributed by atoms with van der Waals surface area (Å²) in [7, 11) is -0.633. The largest absolute Gasteiger partial charge is 0.496 e. The first-order valence-corrected chi connectivity index (χ1v) is 10.1. The number of hydrogen-bond donors (Lipinski definition) is 1. The lowest BCUT2D eigenvalue weighted by molar-refractivity contribution is 0.408. The SMILES string of the molecule is COc1ccc(S(=O)(=O)Cl)cc1CNS(=O)(=O)CC(C)C. The van der Waals surface area contributed by atoms with Crippen LogP contribution in [0.15, 0.2) is 23.1 Å². The predicted molar refractivity (Wildman–Crippen MR) is 81.5 cm³/mol. The van der Waals surface area contributed by atoms with E-state index in [0.29, 0.717) is 11.3 Å². The summed E-state index contributed by atoms with van der Waals surface area (Å²) in [5, 5.41) is 0. The maximum atomic E-state index is 11.8. The molecule has 0 saturated carbocycles. The minimum atomic E-state index is -3.88. The van der Waals surface area contributed by atoms with Gasteiger partial charge in [0.25, 0.3) is 9.05 Å². The summed E-state index contributed by atoms with van der Waals surface area (Å²) in [5.41, 5.74) is 0.395. The Bertz CT molecular complexity index is 698. The van der Waals surface area contributed by atoms with Crippen molar-refractivity contribution in [2.24, 2.45) is 5.92 Å². The third kappa shape index (κ3) is 5.82. The van der Waals surface area contributed by atoms with E-state index in [4.69, 9.17) is 15.4 Å². The van der Waals surface area contributed by atoms with Crippen molar-refractivity contribution in [2.45, 2.75) is 25.3 Å². The molecule has 120 valence electrons. The van der Waals surface area contributed by atoms with Gasteiger partial charge in [-0.05, 0) is 24.1 Å². The van der Waals surface area contributed by atoms with Gasteiger partial charge >= 0.3 is 0 Å². The zero-order valence-corrected chi connectivity index (χ0v) is 14.3. The second kappa shape index (κ2) is 6.95. The maximum Gasteiger partial charge on any atom is 0.261 e. The molecule has 0 saturated heterocycles. The van der Waals surface area contributed by atoms with Crippen LogP contribution in [0.3, 0.4) is 0 Å². The normalized spacial score (nSPS) is 12.6. The van der Waals surface area contributed by atoms with Crippen LogP contribution in [0.2, 0.25) is 0 Å². The number of hydrogen-bond acceptors (Lipinski definition) is 5. The highest BCUT2D eigenvalue weighted by Crippen LogP contribution is 2.24. The number of benzene rings is 1. The molecule has 1 aromatic rings. The van der Waals surface area contributed by atoms with Crippen molar-refractivity contribution < 1.29 is 21.6 Å². The second-order valence-electron chi connectivity index (χ2n) is 4.91. The molecule has 0 aliphatic heterocycles. The summed E-state index contributed by atoms with van der Waals surface area (Å²) in [6.07, 6.45) is 0. The fourth-order valence-corrected chi connectivity index (χ4v) is 3.90. The van der Waals surface area contributed by atoms with Crippen molar-refractivity contribution in [3.63, 3.8) is 0 Å². The van der Waals surface area contributed by atoms with Crippen LogP contribution in [0.1, 0.15) is 19.4 Å². The van der Waals surface area contributed by atoms with Crippen LogP contribution in [0.5, 0.6) is 5.75 Å². The second-order valence-corrected chi connectivity index (χ2v) is 9.33. The van der Waals surface area contributed by atoms with Gasteiger partial charge in [0.15, 0.2) is 0 Å². The van der Waals surface area contributed by atoms with Crippen molar-refractivity contribution >= 4 is 29.8 Å². The lowest BCUT2D eigenvalue weighted by Gasteiger charge is -2.12. The molecule has 21 heavy (non-hydrogen) atoms. The Morgan fingerprint density at radius 3 is 2.33 bits per heavy atom. The summed E-state index contributed by atoms with van der Waals surface area (Å²) in [6.45, 7) is 3.51. The quantitative estimate of drug-likeness (QED) is 0.752. The van der Waals surface area contributed by atoms with E-state index in [1.54, 1.807) is 13.8 Å². The zero-order valence-electron chi connectivity index (χ0n) is 12.0. The lowest BCUT2D eigenvalue weighted by Crippen LogP contribution is -2.28. The number of halogens is 1. The molecule has 1 rings (SSSR count). The summed E-state index contributed by atoms with van der Waals surface area (Å²) in [6, 6.07) is 4.02. The maximum absolute atomic E-state index is 11.8. The molecule has 0 aliphatic carbocycles. The zero-order chi connectivity index (χ0) is 16.3. The average Bonchev–Trinajstić information content (AvgIpc) is 2.33. The first kappa shape index (κ1) is 18.2. The van der Waals surface area contributed by atoms with E-state index in [9.17, 15) is 16.8 Å². The minimum Gasteiger partial charge on any atom is -0.496 e. The standard InChI is InChI=1S/C12H18ClNO5S2/c1-9(2)8-20(15,16)14-7-10-6-11(21(13,17)18)4-5-12(10)19-3/h4-6,9,14H,7-8H2,1-3H3. The molecule has 0 unspecified atom stereocenters. The van der Waals surface area contributed by atoms with Crippen molar-refractivity contribution in [1.29, 1.82) is 0 Å². The van der Waals surface area contributed by atoms with Crippen LogP contribution < -0.4 is 9.46 Å². The molecule has 0 radical (unpaired) electrons. The van der Waals surface area contributed by atoms with Crippen molar-refractivity contribution in [3.8, 4) is 5.75 Å². The third-order valence-corrected chi connectivity index (χ3v) is 5.61. The third-order valence-electron chi connectivity index (χ3n) is 2.57. The van der Waals surface area contributed by atoms with Gasteiger partial charge in [-0.15, -0.1) is 0 Å². The number of ether oxygens (including phenoxy) is 1. The number of sulfonamides is 1. The molecule has 0 spiro atoms. The number of methoxy groups -OCH3 is 1. The van der Waals surface area contributed by atoms with Crippen molar-refractivity contribution in [2.75, 3.05) is 12.9 Å². The van der Waals surface area contributed by atoms with E-state index in [0.717, 1.165) is 0 Å². The Morgan fingerprint density at radius 1 is 1.24 bits per heavy atom. The molecular weight excluding hydrogens is 338 g/mol. The fraction of sp³-hybridized carbons (Fsp3) is 0.500. The Hall–Kier alpha value is -0.830. The van der Waals surface area contributed by atoms with Crippen molar-refractivity contribution in [3.05, 3.63) is 23.8 Å². The van der Waals surface area contributed by atoms with E-state index in [-0.39, 0.29) is 23.1 Å². The van der Waals surface area contributed by atoms with Crippen LogP contribution in [0, 0.1) is 5.92 Å². The summed E-state index contributed by atoms with van der Waals surface area (Å²) in [5.74, 6) is 0.355. The average molecular weight is 356 g/mol. The topological polar surface area (TPSA) is 89.5 Å². The van der Waals surface area contributed by atoms with E-state index in [1.807, 2.05) is 0 Å². The first-order chi connectivity index (χ1) is 9.55. The van der Waals surface area contributed by atoms with Crippen LogP contribution in [0.4, 0.5) is 0 Å². The Kier molecular flexibility index (Phi) is 6.03. The molecule has 0 aliphatic rings. The molecule has 1 aromatic carbocycles. The summed E-state index contributed by atoms with van der Waals surface area (Å²) < 4.78 is 53.7. The molecule has 0 atom stereocenters. The van der Waals surface area contributed by atoms with Crippen LogP contribution in [-0.2, 0) is 25.6 Å². The molecule has 0 aromatic heterocycles. The smallest absolute Gasteiger partial charge is 0.261 e. The van der Waals surface area contributed by atoms with Gasteiger partial charge in [0.2, 0.25) is 10.0 Å². The first-order valence-electron chi connectivity index (χ1n) is 6.14. The Balaban J connectivity index is 3.02. The van der Waals surface area contributed by atoms with Gasteiger partial charge in [-0.1, -0.05) is 13.8 Å². The Morgan fingerprint density at radius 2 is 1.86 bits per heavy atom. The molecule has 0 bridgehead atoms. The monoisotopic (exact) mass is 355 g/mol. The van der Waals surface area contributed by atoms with Gasteiger partial charge in [0.1, 0.15) is 5.75 Å². The van der Waals surface area contributed by atoms with Gasteiger partial charge in [-0.2, -0.15) is 0 Å². The number of rotatable bonds is 7. The molecule has 0 heterocycles. The summed E-state index contributed by atoms with van der Waals surface area (Å²) >= 11 is 0. The molecule has 9 heteroatoms. The minimum absolute atomic E-state index is 0.0111. The van der Waals surface area contributed by atoms with Gasteiger partial charge in [-0.3, -0.25) is 0 Å². The van der Waals surface area contributed by atoms with E-state index >= 15 is 0 Å². The van der Waals surface area contributed by atoms with E-state index in [2.05, 4.69) is 4.72 Å². The van der Waals surface area contributed by atoms with Gasteiger partial charge in [-0.25, -0.2) is 21.6 Å². The van der Waals surface area contributed by atoms with E-state index in [1.165, 1.54) is 25.3 Å². The predicted octanol–water partition coefficient (Wildman–Crippen LogP) is 1.70. The van der Waals surface area contributed by atoms with Crippen LogP contribution in [-0.4, -0.2) is 29.7 Å². The molecular formula is C12H18ClNO5S2. The van der Waals surface area contributed by atoms with Gasteiger partial charge in [0.05, 0.1) is 17.8 Å².